The van der Waals surface area contributed by atoms with Crippen LogP contribution >= 0.6 is 0 Å². The number of piperidine rings is 1. The second-order valence-corrected chi connectivity index (χ2v) is 5.68. The van der Waals surface area contributed by atoms with Crippen LogP contribution in [0.1, 0.15) is 51.2 Å². The highest BCUT2D eigenvalue weighted by Crippen LogP contribution is 2.36. The zero-order valence-electron chi connectivity index (χ0n) is 11.9. The van der Waals surface area contributed by atoms with E-state index in [9.17, 15) is 9.50 Å². The van der Waals surface area contributed by atoms with Crippen LogP contribution in [-0.2, 0) is 0 Å². The first-order valence-corrected chi connectivity index (χ1v) is 7.27. The molecule has 106 valence electrons. The Balaban J connectivity index is 2.27. The van der Waals surface area contributed by atoms with Crippen LogP contribution in [0.25, 0.3) is 0 Å². The van der Waals surface area contributed by atoms with Crippen molar-refractivity contribution in [1.29, 1.82) is 0 Å². The van der Waals surface area contributed by atoms with Gasteiger partial charge < -0.3 is 5.11 Å². The Labute approximate surface area is 115 Å². The quantitative estimate of drug-likeness (QED) is 0.900. The number of rotatable bonds is 4. The zero-order chi connectivity index (χ0) is 13.9. The highest BCUT2D eigenvalue weighted by atomic mass is 19.1. The summed E-state index contributed by atoms with van der Waals surface area (Å²) in [7, 11) is 0. The van der Waals surface area contributed by atoms with Gasteiger partial charge in [0.1, 0.15) is 5.82 Å². The Morgan fingerprint density at radius 3 is 2.47 bits per heavy atom. The van der Waals surface area contributed by atoms with Crippen molar-refractivity contribution in [2.45, 2.75) is 51.2 Å². The van der Waals surface area contributed by atoms with Crippen LogP contribution in [-0.4, -0.2) is 28.6 Å². The molecule has 0 spiro atoms. The number of aliphatic hydroxyl groups is 1. The van der Waals surface area contributed by atoms with Crippen molar-refractivity contribution >= 4 is 0 Å². The second-order valence-electron chi connectivity index (χ2n) is 5.68. The van der Waals surface area contributed by atoms with Crippen molar-refractivity contribution < 1.29 is 9.50 Å². The van der Waals surface area contributed by atoms with E-state index in [0.29, 0.717) is 5.56 Å². The number of halogens is 1. The third-order valence-electron chi connectivity index (χ3n) is 4.58. The van der Waals surface area contributed by atoms with E-state index in [-0.39, 0.29) is 11.4 Å². The molecule has 0 amide bonds. The molecule has 2 atom stereocenters. The fourth-order valence-corrected chi connectivity index (χ4v) is 3.03. The predicted octanol–water partition coefficient (Wildman–Crippen LogP) is 3.51. The van der Waals surface area contributed by atoms with Crippen LogP contribution in [0, 0.1) is 5.82 Å². The summed E-state index contributed by atoms with van der Waals surface area (Å²) >= 11 is 0. The lowest BCUT2D eigenvalue weighted by atomic mass is 9.83. The van der Waals surface area contributed by atoms with Crippen molar-refractivity contribution in [3.05, 3.63) is 35.6 Å². The molecule has 19 heavy (non-hydrogen) atoms. The average Bonchev–Trinajstić information content (AvgIpc) is 2.47. The molecule has 1 aliphatic heterocycles. The van der Waals surface area contributed by atoms with E-state index in [1.54, 1.807) is 18.2 Å². The molecular weight excluding hydrogens is 241 g/mol. The molecule has 2 nitrogen and oxygen atoms in total. The number of likely N-dealkylation sites (tertiary alicyclic amines) is 1. The lowest BCUT2D eigenvalue weighted by Gasteiger charge is -2.46. The van der Waals surface area contributed by atoms with Gasteiger partial charge in [-0.2, -0.15) is 0 Å². The molecule has 0 bridgehead atoms. The van der Waals surface area contributed by atoms with Gasteiger partial charge >= 0.3 is 0 Å². The molecule has 1 fully saturated rings. The molecule has 1 saturated heterocycles. The van der Waals surface area contributed by atoms with Crippen molar-refractivity contribution in [1.82, 2.24) is 4.90 Å². The smallest absolute Gasteiger partial charge is 0.129 e. The predicted molar refractivity (Wildman–Crippen MR) is 75.5 cm³/mol. The molecule has 0 aromatic heterocycles. The molecule has 1 heterocycles. The van der Waals surface area contributed by atoms with Crippen LogP contribution in [0.15, 0.2) is 24.3 Å². The summed E-state index contributed by atoms with van der Waals surface area (Å²) in [6.07, 6.45) is 3.62. The lowest BCUT2D eigenvalue weighted by Crippen LogP contribution is -2.52. The minimum Gasteiger partial charge on any atom is -0.386 e. The summed E-state index contributed by atoms with van der Waals surface area (Å²) in [5.74, 6) is -0.313. The van der Waals surface area contributed by atoms with E-state index < -0.39 is 6.10 Å². The van der Waals surface area contributed by atoms with Gasteiger partial charge in [-0.05, 0) is 45.3 Å². The fraction of sp³-hybridized carbons (Fsp3) is 0.625. The Bertz CT molecular complexity index is 417. The molecule has 0 saturated carbocycles. The third-order valence-corrected chi connectivity index (χ3v) is 4.58. The van der Waals surface area contributed by atoms with E-state index in [1.165, 1.54) is 25.3 Å². The topological polar surface area (TPSA) is 23.5 Å². The summed E-state index contributed by atoms with van der Waals surface area (Å²) in [5.41, 5.74) is 0.0280. The monoisotopic (exact) mass is 265 g/mol. The normalized spacial score (nSPS) is 21.9. The first kappa shape index (κ1) is 14.5. The number of benzene rings is 1. The van der Waals surface area contributed by atoms with E-state index in [0.717, 1.165) is 19.5 Å². The number of nitrogens with zero attached hydrogens (tertiary/aromatic N) is 1. The highest BCUT2D eigenvalue weighted by Gasteiger charge is 2.39. The van der Waals surface area contributed by atoms with Gasteiger partial charge in [0.15, 0.2) is 0 Å². The van der Waals surface area contributed by atoms with Gasteiger partial charge in [0, 0.05) is 11.1 Å². The minimum atomic E-state index is -0.781. The molecule has 0 aliphatic carbocycles. The van der Waals surface area contributed by atoms with Gasteiger partial charge in [-0.1, -0.05) is 31.5 Å². The maximum Gasteiger partial charge on any atom is 0.129 e. The van der Waals surface area contributed by atoms with Crippen LogP contribution < -0.4 is 0 Å². The minimum absolute atomic E-state index is 0.313. The van der Waals surface area contributed by atoms with Crippen LogP contribution in [0.4, 0.5) is 4.39 Å². The van der Waals surface area contributed by atoms with Crippen molar-refractivity contribution in [3.8, 4) is 0 Å². The fourth-order valence-electron chi connectivity index (χ4n) is 3.03. The van der Waals surface area contributed by atoms with Crippen LogP contribution in [0.2, 0.25) is 0 Å². The first-order chi connectivity index (χ1) is 9.09. The van der Waals surface area contributed by atoms with E-state index in [4.69, 9.17) is 0 Å². The van der Waals surface area contributed by atoms with Gasteiger partial charge in [-0.25, -0.2) is 4.39 Å². The van der Waals surface area contributed by atoms with Gasteiger partial charge in [0.2, 0.25) is 0 Å². The molecule has 1 aliphatic rings. The molecule has 2 unspecified atom stereocenters. The highest BCUT2D eigenvalue weighted by molar-refractivity contribution is 5.23. The maximum absolute atomic E-state index is 13.9. The zero-order valence-corrected chi connectivity index (χ0v) is 11.9. The Kier molecular flexibility index (Phi) is 4.58. The summed E-state index contributed by atoms with van der Waals surface area (Å²) in [6, 6.07) is 6.56. The van der Waals surface area contributed by atoms with Crippen LogP contribution in [0.5, 0.6) is 0 Å². The van der Waals surface area contributed by atoms with E-state index in [2.05, 4.69) is 18.7 Å². The van der Waals surface area contributed by atoms with Gasteiger partial charge in [-0.15, -0.1) is 0 Å². The largest absolute Gasteiger partial charge is 0.386 e. The number of hydrogen-bond donors (Lipinski definition) is 1. The molecule has 1 aromatic rings. The van der Waals surface area contributed by atoms with Gasteiger partial charge in [0.05, 0.1) is 6.10 Å². The van der Waals surface area contributed by atoms with Crippen LogP contribution in [0.3, 0.4) is 0 Å². The average molecular weight is 265 g/mol. The maximum atomic E-state index is 13.9. The van der Waals surface area contributed by atoms with Crippen molar-refractivity contribution in [2.75, 3.05) is 13.1 Å². The Morgan fingerprint density at radius 1 is 1.26 bits per heavy atom. The molecular formula is C16H24FNO. The number of aliphatic hydroxyl groups excluding tert-OH is 1. The standard InChI is InChI=1S/C16H24FNO/c1-3-16(2,18-11-7-4-8-12-18)15(19)13-9-5-6-10-14(13)17/h5-6,9-10,15,19H,3-4,7-8,11-12H2,1-2H3. The van der Waals surface area contributed by atoms with Gasteiger partial charge in [0.25, 0.3) is 0 Å². The molecule has 2 rings (SSSR count). The van der Waals surface area contributed by atoms with Crippen molar-refractivity contribution in [3.63, 3.8) is 0 Å². The van der Waals surface area contributed by atoms with Gasteiger partial charge in [-0.3, -0.25) is 4.90 Å². The number of hydrogen-bond acceptors (Lipinski definition) is 2. The second kappa shape index (κ2) is 6.02. The van der Waals surface area contributed by atoms with Crippen molar-refractivity contribution in [2.24, 2.45) is 0 Å². The Morgan fingerprint density at radius 2 is 1.89 bits per heavy atom. The van der Waals surface area contributed by atoms with E-state index in [1.807, 2.05) is 0 Å². The molecule has 3 heteroatoms. The summed E-state index contributed by atoms with van der Waals surface area (Å²) in [5, 5.41) is 10.7. The summed E-state index contributed by atoms with van der Waals surface area (Å²) in [4.78, 5) is 2.33. The molecule has 0 radical (unpaired) electrons. The molecule has 1 N–H and O–H groups in total. The molecule has 1 aromatic carbocycles. The first-order valence-electron chi connectivity index (χ1n) is 7.27. The SMILES string of the molecule is CCC(C)(C(O)c1ccccc1F)N1CCCCC1. The summed E-state index contributed by atoms with van der Waals surface area (Å²) < 4.78 is 13.9. The van der Waals surface area contributed by atoms with E-state index >= 15 is 0 Å². The third kappa shape index (κ3) is 2.82. The Hall–Kier alpha value is -0.930. The summed E-state index contributed by atoms with van der Waals surface area (Å²) in [6.45, 7) is 6.11. The lowest BCUT2D eigenvalue weighted by molar-refractivity contribution is -0.0367.